The van der Waals surface area contributed by atoms with Crippen LogP contribution < -0.4 is 14.8 Å². The lowest BCUT2D eigenvalue weighted by Crippen LogP contribution is -2.51. The summed E-state index contributed by atoms with van der Waals surface area (Å²) in [5, 5.41) is 12.7. The van der Waals surface area contributed by atoms with Crippen LogP contribution >= 0.6 is 0 Å². The lowest BCUT2D eigenvalue weighted by atomic mass is 9.99. The molecule has 1 aliphatic heterocycles. The third-order valence-electron chi connectivity index (χ3n) is 6.27. The molecule has 9 heteroatoms. The van der Waals surface area contributed by atoms with Crippen molar-refractivity contribution in [1.82, 2.24) is 20.1 Å². The Kier molecular flexibility index (Phi) is 8.92. The van der Waals surface area contributed by atoms with Crippen LogP contribution in [0, 0.1) is 5.92 Å². The zero-order valence-electron chi connectivity index (χ0n) is 21.2. The number of carbonyl (C=O) groups excluding carboxylic acids is 2. The van der Waals surface area contributed by atoms with Crippen LogP contribution in [0.25, 0.3) is 11.1 Å². The van der Waals surface area contributed by atoms with Gasteiger partial charge >= 0.3 is 6.03 Å². The van der Waals surface area contributed by atoms with Crippen LogP contribution in [0.2, 0.25) is 0 Å². The third kappa shape index (κ3) is 6.22. The topological polar surface area (TPSA) is 104 Å². The second-order valence-electron chi connectivity index (χ2n) is 9.04. The number of nitrogens with zero attached hydrogens (tertiary/aromatic N) is 3. The number of fused-ring (bicyclic) bond motifs is 1. The van der Waals surface area contributed by atoms with Crippen molar-refractivity contribution in [2.24, 2.45) is 5.92 Å². The number of ether oxygens (including phenoxy) is 2. The number of urea groups is 1. The number of aliphatic hydroxyl groups excluding tert-OH is 1. The normalized spacial score (nSPS) is 18.6. The van der Waals surface area contributed by atoms with Gasteiger partial charge in [0.05, 0.1) is 26.3 Å². The number of aromatic nitrogens is 1. The summed E-state index contributed by atoms with van der Waals surface area (Å²) >= 11 is 0. The van der Waals surface area contributed by atoms with Gasteiger partial charge in [-0.1, -0.05) is 26.0 Å². The number of benzene rings is 1. The minimum absolute atomic E-state index is 0.106. The maximum atomic E-state index is 13.6. The van der Waals surface area contributed by atoms with Crippen LogP contribution in [-0.4, -0.2) is 84.4 Å². The Balaban J connectivity index is 1.96. The highest BCUT2D eigenvalue weighted by atomic mass is 16.5. The molecule has 0 saturated heterocycles. The number of carbonyl (C=O) groups is 2. The predicted octanol–water partition coefficient (Wildman–Crippen LogP) is 3.03. The average Bonchev–Trinajstić information content (AvgIpc) is 2.88. The Morgan fingerprint density at radius 2 is 2.06 bits per heavy atom. The summed E-state index contributed by atoms with van der Waals surface area (Å²) < 4.78 is 11.5. The molecule has 1 aromatic carbocycles. The Bertz CT molecular complexity index is 1010. The second-order valence-corrected chi connectivity index (χ2v) is 9.04. The first-order chi connectivity index (χ1) is 16.8. The van der Waals surface area contributed by atoms with E-state index >= 15 is 0 Å². The van der Waals surface area contributed by atoms with E-state index in [4.69, 9.17) is 9.47 Å². The number of pyridine rings is 1. The van der Waals surface area contributed by atoms with Gasteiger partial charge in [-0.25, -0.2) is 9.78 Å². The minimum atomic E-state index is -0.396. The van der Waals surface area contributed by atoms with Crippen molar-refractivity contribution in [3.05, 3.63) is 42.1 Å². The molecule has 1 aromatic heterocycles. The molecule has 0 saturated carbocycles. The molecule has 0 radical (unpaired) electrons. The molecule has 9 nitrogen and oxygen atoms in total. The van der Waals surface area contributed by atoms with Crippen molar-refractivity contribution >= 4 is 11.9 Å². The van der Waals surface area contributed by atoms with Crippen LogP contribution in [0.3, 0.4) is 0 Å². The van der Waals surface area contributed by atoms with Crippen LogP contribution in [-0.2, 0) is 0 Å². The lowest BCUT2D eigenvalue weighted by Gasteiger charge is -2.37. The first-order valence-electron chi connectivity index (χ1n) is 12.0. The number of aliphatic hydroxyl groups is 1. The third-order valence-corrected chi connectivity index (χ3v) is 6.27. The second kappa shape index (κ2) is 11.9. The Morgan fingerprint density at radius 1 is 1.34 bits per heavy atom. The summed E-state index contributed by atoms with van der Waals surface area (Å²) in [7, 11) is 3.33. The van der Waals surface area contributed by atoms with E-state index in [1.54, 1.807) is 36.2 Å². The first-order valence-corrected chi connectivity index (χ1v) is 12.0. The summed E-state index contributed by atoms with van der Waals surface area (Å²) in [5.41, 5.74) is 1.98. The van der Waals surface area contributed by atoms with Gasteiger partial charge in [-0.05, 0) is 37.1 Å². The van der Waals surface area contributed by atoms with Gasteiger partial charge in [0, 0.05) is 37.8 Å². The number of rotatable bonds is 8. The minimum Gasteiger partial charge on any atom is -0.497 e. The van der Waals surface area contributed by atoms with E-state index in [2.05, 4.69) is 10.3 Å². The van der Waals surface area contributed by atoms with Gasteiger partial charge in [0.2, 0.25) is 5.88 Å². The summed E-state index contributed by atoms with van der Waals surface area (Å²) in [5.74, 6) is 0.606. The molecule has 3 rings (SSSR count). The monoisotopic (exact) mass is 484 g/mol. The van der Waals surface area contributed by atoms with Crippen LogP contribution in [0.1, 0.15) is 37.6 Å². The van der Waals surface area contributed by atoms with Crippen molar-refractivity contribution in [3.63, 3.8) is 0 Å². The zero-order valence-corrected chi connectivity index (χ0v) is 21.2. The SMILES string of the molecule is CCCNC(=O)N(C)C[C@H]1Oc2ncc(-c3ccc(OC)cc3)cc2C(=O)N([C@H](C)CO)C[C@H]1C. The van der Waals surface area contributed by atoms with Gasteiger partial charge in [-0.2, -0.15) is 0 Å². The Hall–Kier alpha value is -3.33. The highest BCUT2D eigenvalue weighted by Gasteiger charge is 2.34. The van der Waals surface area contributed by atoms with Crippen molar-refractivity contribution in [3.8, 4) is 22.8 Å². The van der Waals surface area contributed by atoms with Crippen molar-refractivity contribution < 1.29 is 24.2 Å². The van der Waals surface area contributed by atoms with Crippen molar-refractivity contribution in [2.75, 3.05) is 40.4 Å². The number of hydrogen-bond acceptors (Lipinski definition) is 6. The standard InChI is InChI=1S/C26H36N4O5/c1-6-11-27-26(33)29(4)15-23-17(2)14-30(18(3)16-31)25(32)22-12-20(13-28-24(22)35-23)19-7-9-21(34-5)10-8-19/h7-10,12-13,17-18,23,31H,6,11,14-16H2,1-5H3,(H,27,33)/t17-,18-,23-/m1/s1. The maximum Gasteiger partial charge on any atom is 0.317 e. The van der Waals surface area contributed by atoms with Crippen LogP contribution in [0.5, 0.6) is 11.6 Å². The molecule has 35 heavy (non-hydrogen) atoms. The summed E-state index contributed by atoms with van der Waals surface area (Å²) in [6.07, 6.45) is 2.13. The van der Waals surface area contributed by atoms with Crippen LogP contribution in [0.4, 0.5) is 4.79 Å². The molecular formula is C26H36N4O5. The van der Waals surface area contributed by atoms with E-state index in [9.17, 15) is 14.7 Å². The molecule has 2 heterocycles. The molecule has 2 N–H and O–H groups in total. The molecule has 0 spiro atoms. The molecule has 0 aliphatic carbocycles. The molecule has 0 fully saturated rings. The van der Waals surface area contributed by atoms with E-state index in [1.165, 1.54) is 0 Å². The van der Waals surface area contributed by atoms with Crippen molar-refractivity contribution in [1.29, 1.82) is 0 Å². The highest BCUT2D eigenvalue weighted by molar-refractivity contribution is 5.98. The number of amides is 3. The molecule has 0 bridgehead atoms. The molecule has 3 amide bonds. The predicted molar refractivity (Wildman–Crippen MR) is 134 cm³/mol. The fourth-order valence-electron chi connectivity index (χ4n) is 3.98. The van der Waals surface area contributed by atoms with Gasteiger partial charge in [0.1, 0.15) is 17.4 Å². The molecule has 3 atom stereocenters. The molecule has 190 valence electrons. The van der Waals surface area contributed by atoms with Gasteiger partial charge in [0.25, 0.3) is 5.91 Å². The first kappa shape index (κ1) is 26.3. The van der Waals surface area contributed by atoms with Gasteiger partial charge in [-0.15, -0.1) is 0 Å². The van der Waals surface area contributed by atoms with Crippen LogP contribution in [0.15, 0.2) is 36.5 Å². The van der Waals surface area contributed by atoms with Crippen molar-refractivity contribution in [2.45, 2.75) is 39.3 Å². The van der Waals surface area contributed by atoms with E-state index in [0.717, 1.165) is 23.3 Å². The van der Waals surface area contributed by atoms with E-state index in [0.29, 0.717) is 25.2 Å². The number of nitrogens with one attached hydrogen (secondary N) is 1. The number of methoxy groups -OCH3 is 1. The highest BCUT2D eigenvalue weighted by Crippen LogP contribution is 2.31. The molecule has 2 aromatic rings. The molecule has 0 unspecified atom stereocenters. The molecule has 1 aliphatic rings. The zero-order chi connectivity index (χ0) is 25.5. The van der Waals surface area contributed by atoms with E-state index in [-0.39, 0.29) is 36.4 Å². The van der Waals surface area contributed by atoms with Gasteiger partial charge in [-0.3, -0.25) is 4.79 Å². The quantitative estimate of drug-likeness (QED) is 0.597. The van der Waals surface area contributed by atoms with E-state index < -0.39 is 6.10 Å². The largest absolute Gasteiger partial charge is 0.497 e. The summed E-state index contributed by atoms with van der Waals surface area (Å²) in [6.45, 7) is 6.92. The Morgan fingerprint density at radius 3 is 2.69 bits per heavy atom. The number of hydrogen-bond donors (Lipinski definition) is 2. The fraction of sp³-hybridized carbons (Fsp3) is 0.500. The fourth-order valence-corrected chi connectivity index (χ4v) is 3.98. The number of likely N-dealkylation sites (N-methyl/N-ethyl adjacent to an activating group) is 1. The summed E-state index contributed by atoms with van der Waals surface area (Å²) in [4.78, 5) is 33.8. The van der Waals surface area contributed by atoms with Gasteiger partial charge in [0.15, 0.2) is 0 Å². The average molecular weight is 485 g/mol. The van der Waals surface area contributed by atoms with E-state index in [1.807, 2.05) is 45.0 Å². The summed E-state index contributed by atoms with van der Waals surface area (Å²) in [6, 6.07) is 8.72. The Labute approximate surface area is 207 Å². The molecular weight excluding hydrogens is 448 g/mol. The van der Waals surface area contributed by atoms with Gasteiger partial charge < -0.3 is 29.7 Å². The maximum absolute atomic E-state index is 13.6. The lowest BCUT2D eigenvalue weighted by molar-refractivity contribution is 0.0352. The smallest absolute Gasteiger partial charge is 0.317 e.